The fourth-order valence-corrected chi connectivity index (χ4v) is 2.18. The summed E-state index contributed by atoms with van der Waals surface area (Å²) in [5.74, 6) is 0. The van der Waals surface area contributed by atoms with Gasteiger partial charge in [-0.05, 0) is 41.0 Å². The van der Waals surface area contributed by atoms with Crippen LogP contribution in [-0.2, 0) is 0 Å². The maximum Gasteiger partial charge on any atom is 0.00722 e. The van der Waals surface area contributed by atoms with Crippen LogP contribution < -0.4 is 0 Å². The van der Waals surface area contributed by atoms with Gasteiger partial charge in [-0.25, -0.2) is 0 Å². The van der Waals surface area contributed by atoms with Gasteiger partial charge in [0.1, 0.15) is 0 Å². The average Bonchev–Trinajstić information content (AvgIpc) is 1.85. The molecule has 0 bridgehead atoms. The second kappa shape index (κ2) is 5.58. The molecule has 0 amide bonds. The van der Waals surface area contributed by atoms with Crippen LogP contribution in [0.15, 0.2) is 0 Å². The Balaban J connectivity index is 4.09. The topological polar surface area (TPSA) is 3.24 Å². The minimum Gasteiger partial charge on any atom is -0.296 e. The van der Waals surface area contributed by atoms with Gasteiger partial charge >= 0.3 is 0 Å². The highest BCUT2D eigenvalue weighted by atomic mass is 15.2. The van der Waals surface area contributed by atoms with Crippen LogP contribution in [0.1, 0.15) is 54.4 Å². The molecule has 0 radical (unpaired) electrons. The van der Waals surface area contributed by atoms with Crippen LogP contribution in [0.3, 0.4) is 0 Å². The molecule has 0 spiro atoms. The number of nitrogens with zero attached hydrogens (tertiary/aromatic N) is 1. The lowest BCUT2D eigenvalue weighted by Crippen LogP contribution is -2.43. The fourth-order valence-electron chi connectivity index (χ4n) is 2.18. The summed E-state index contributed by atoms with van der Waals surface area (Å²) >= 11 is 0. The second-order valence-corrected chi connectivity index (χ2v) is 4.27. The van der Waals surface area contributed by atoms with E-state index in [4.69, 9.17) is 0 Å². The van der Waals surface area contributed by atoms with Crippen LogP contribution in [0.25, 0.3) is 0 Å². The molecule has 0 aliphatic carbocycles. The van der Waals surface area contributed by atoms with E-state index in [9.17, 15) is 0 Å². The molecule has 0 heterocycles. The predicted octanol–water partition coefficient (Wildman–Crippen LogP) is 3.29. The molecule has 0 aliphatic heterocycles. The largest absolute Gasteiger partial charge is 0.296 e. The molecule has 0 saturated heterocycles. The molecule has 0 fully saturated rings. The third kappa shape index (κ3) is 3.57. The fraction of sp³-hybridized carbons (Fsp3) is 1.00. The highest BCUT2D eigenvalue weighted by Gasteiger charge is 2.18. The van der Waals surface area contributed by atoms with Crippen molar-refractivity contribution < 1.29 is 0 Å². The summed E-state index contributed by atoms with van der Waals surface area (Å²) in [6.07, 6.45) is 2.60. The van der Waals surface area contributed by atoms with Crippen molar-refractivity contribution in [3.8, 4) is 0 Å². The van der Waals surface area contributed by atoms with Gasteiger partial charge in [-0.15, -0.1) is 0 Å². The van der Waals surface area contributed by atoms with Gasteiger partial charge in [0.25, 0.3) is 0 Å². The molecule has 12 heavy (non-hydrogen) atoms. The number of rotatable bonds is 5. The van der Waals surface area contributed by atoms with Crippen molar-refractivity contribution >= 4 is 0 Å². The standard InChI is InChI=1S/C11H25N/c1-7-8-11(6)12(9(2)3)10(4)5/h9-11H,7-8H2,1-6H3. The normalized spacial score (nSPS) is 14.8. The van der Waals surface area contributed by atoms with Crippen LogP contribution >= 0.6 is 0 Å². The van der Waals surface area contributed by atoms with Gasteiger partial charge in [-0.3, -0.25) is 4.90 Å². The molecule has 1 unspecified atom stereocenters. The third-order valence-electron chi connectivity index (χ3n) is 2.41. The van der Waals surface area contributed by atoms with Crippen LogP contribution in [0.5, 0.6) is 0 Å². The van der Waals surface area contributed by atoms with Crippen molar-refractivity contribution in [2.45, 2.75) is 72.5 Å². The monoisotopic (exact) mass is 171 g/mol. The van der Waals surface area contributed by atoms with Gasteiger partial charge in [0.2, 0.25) is 0 Å². The second-order valence-electron chi connectivity index (χ2n) is 4.27. The summed E-state index contributed by atoms with van der Waals surface area (Å²) in [6.45, 7) is 13.7. The van der Waals surface area contributed by atoms with E-state index in [0.717, 1.165) is 6.04 Å². The highest BCUT2D eigenvalue weighted by Crippen LogP contribution is 2.14. The molecule has 1 nitrogen and oxygen atoms in total. The smallest absolute Gasteiger partial charge is 0.00722 e. The molecule has 1 heteroatoms. The van der Waals surface area contributed by atoms with E-state index in [1.807, 2.05) is 0 Å². The van der Waals surface area contributed by atoms with Gasteiger partial charge < -0.3 is 0 Å². The zero-order valence-corrected chi connectivity index (χ0v) is 9.59. The van der Waals surface area contributed by atoms with E-state index < -0.39 is 0 Å². The lowest BCUT2D eigenvalue weighted by Gasteiger charge is -2.36. The van der Waals surface area contributed by atoms with Crippen molar-refractivity contribution in [1.82, 2.24) is 4.90 Å². The lowest BCUT2D eigenvalue weighted by atomic mass is 10.1. The first kappa shape index (κ1) is 12.0. The molecule has 0 aromatic heterocycles. The first-order valence-electron chi connectivity index (χ1n) is 5.28. The molecule has 0 saturated carbocycles. The summed E-state index contributed by atoms with van der Waals surface area (Å²) in [5.41, 5.74) is 0. The Kier molecular flexibility index (Phi) is 5.56. The third-order valence-corrected chi connectivity index (χ3v) is 2.41. The number of hydrogen-bond donors (Lipinski definition) is 0. The lowest BCUT2D eigenvalue weighted by molar-refractivity contribution is 0.116. The first-order chi connectivity index (χ1) is 5.50. The molecule has 74 valence electrons. The van der Waals surface area contributed by atoms with Gasteiger partial charge in [-0.1, -0.05) is 13.3 Å². The Hall–Kier alpha value is -0.0400. The van der Waals surface area contributed by atoms with E-state index in [-0.39, 0.29) is 0 Å². The molecule has 0 aromatic rings. The van der Waals surface area contributed by atoms with E-state index >= 15 is 0 Å². The van der Waals surface area contributed by atoms with E-state index in [1.165, 1.54) is 12.8 Å². The average molecular weight is 171 g/mol. The maximum atomic E-state index is 2.59. The van der Waals surface area contributed by atoms with Crippen LogP contribution in [-0.4, -0.2) is 23.0 Å². The quantitative estimate of drug-likeness (QED) is 0.613. The Morgan fingerprint density at radius 2 is 1.33 bits per heavy atom. The van der Waals surface area contributed by atoms with Crippen LogP contribution in [0, 0.1) is 0 Å². The molecule has 1 atom stereocenters. The molecular formula is C11H25N. The van der Waals surface area contributed by atoms with Crippen molar-refractivity contribution in [1.29, 1.82) is 0 Å². The summed E-state index contributed by atoms with van der Waals surface area (Å²) in [4.78, 5) is 2.59. The zero-order chi connectivity index (χ0) is 9.72. The Bertz CT molecular complexity index is 99.6. The zero-order valence-electron chi connectivity index (χ0n) is 9.59. The van der Waals surface area contributed by atoms with Gasteiger partial charge in [0, 0.05) is 18.1 Å². The SMILES string of the molecule is CCCC(C)N(C(C)C)C(C)C. The van der Waals surface area contributed by atoms with Gasteiger partial charge in [-0.2, -0.15) is 0 Å². The van der Waals surface area contributed by atoms with Gasteiger partial charge in [0.05, 0.1) is 0 Å². The summed E-state index contributed by atoms with van der Waals surface area (Å²) in [5, 5.41) is 0. The van der Waals surface area contributed by atoms with E-state index in [1.54, 1.807) is 0 Å². The number of hydrogen-bond acceptors (Lipinski definition) is 1. The summed E-state index contributed by atoms with van der Waals surface area (Å²) < 4.78 is 0. The van der Waals surface area contributed by atoms with Crippen molar-refractivity contribution in [2.75, 3.05) is 0 Å². The van der Waals surface area contributed by atoms with E-state index in [2.05, 4.69) is 46.4 Å². The maximum absolute atomic E-state index is 2.59. The van der Waals surface area contributed by atoms with Crippen LogP contribution in [0.2, 0.25) is 0 Å². The minimum atomic E-state index is 0.673. The van der Waals surface area contributed by atoms with Crippen molar-refractivity contribution in [2.24, 2.45) is 0 Å². The Morgan fingerprint density at radius 3 is 1.58 bits per heavy atom. The van der Waals surface area contributed by atoms with Crippen molar-refractivity contribution in [3.63, 3.8) is 0 Å². The predicted molar refractivity (Wildman–Crippen MR) is 56.5 cm³/mol. The minimum absolute atomic E-state index is 0.673. The van der Waals surface area contributed by atoms with E-state index in [0.29, 0.717) is 12.1 Å². The highest BCUT2D eigenvalue weighted by molar-refractivity contribution is 4.73. The van der Waals surface area contributed by atoms with Crippen LogP contribution in [0.4, 0.5) is 0 Å². The Morgan fingerprint density at radius 1 is 0.917 bits per heavy atom. The summed E-state index contributed by atoms with van der Waals surface area (Å²) in [6, 6.07) is 2.08. The molecule has 0 aliphatic rings. The van der Waals surface area contributed by atoms with Crippen molar-refractivity contribution in [3.05, 3.63) is 0 Å². The summed E-state index contributed by atoms with van der Waals surface area (Å²) in [7, 11) is 0. The molecular weight excluding hydrogens is 146 g/mol. The first-order valence-corrected chi connectivity index (χ1v) is 5.28. The van der Waals surface area contributed by atoms with Gasteiger partial charge in [0.15, 0.2) is 0 Å². The molecule has 0 aromatic carbocycles. The molecule has 0 N–H and O–H groups in total. The Labute approximate surface area is 78.1 Å². The molecule has 0 rings (SSSR count).